The number of aryl methyl sites for hydroxylation is 1. The Morgan fingerprint density at radius 1 is 1.23 bits per heavy atom. The lowest BCUT2D eigenvalue weighted by Gasteiger charge is -2.07. The van der Waals surface area contributed by atoms with Crippen LogP contribution in [0.25, 0.3) is 20.7 Å². The molecule has 0 aliphatic rings. The molecular weight excluding hydrogens is 364 g/mol. The summed E-state index contributed by atoms with van der Waals surface area (Å²) in [6.07, 6.45) is 0. The van der Waals surface area contributed by atoms with E-state index >= 15 is 0 Å². The summed E-state index contributed by atoms with van der Waals surface area (Å²) in [5.74, 6) is -0.0692. The molecule has 4 aromatic rings. The quantitative estimate of drug-likeness (QED) is 0.561. The van der Waals surface area contributed by atoms with Crippen LogP contribution in [0.4, 0.5) is 0 Å². The third-order valence-corrected chi connectivity index (χ3v) is 6.03. The summed E-state index contributed by atoms with van der Waals surface area (Å²) in [7, 11) is 0. The molecule has 5 nitrogen and oxygen atoms in total. The van der Waals surface area contributed by atoms with E-state index in [1.54, 1.807) is 28.2 Å². The topological polar surface area (TPSA) is 59.8 Å². The predicted octanol–water partition coefficient (Wildman–Crippen LogP) is 4.27. The molecule has 0 saturated carbocycles. The van der Waals surface area contributed by atoms with E-state index in [0.717, 1.165) is 21.6 Å². The van der Waals surface area contributed by atoms with Crippen LogP contribution < -0.4 is 5.32 Å². The number of hydrogen-bond acceptors (Lipinski definition) is 5. The van der Waals surface area contributed by atoms with Gasteiger partial charge >= 0.3 is 0 Å². The molecular formula is C19H18N4OS2. The molecule has 0 spiro atoms. The van der Waals surface area contributed by atoms with Crippen LogP contribution in [-0.4, -0.2) is 27.2 Å². The minimum absolute atomic E-state index is 0.0692. The van der Waals surface area contributed by atoms with Crippen LogP contribution in [-0.2, 0) is 6.54 Å². The summed E-state index contributed by atoms with van der Waals surface area (Å²) in [5, 5.41) is 9.69. The first-order chi connectivity index (χ1) is 12.6. The maximum absolute atomic E-state index is 12.4. The molecule has 0 aliphatic heterocycles. The van der Waals surface area contributed by atoms with Crippen molar-refractivity contribution < 1.29 is 4.79 Å². The van der Waals surface area contributed by atoms with Gasteiger partial charge in [-0.2, -0.15) is 5.10 Å². The summed E-state index contributed by atoms with van der Waals surface area (Å²) >= 11 is 3.26. The average Bonchev–Trinajstić information content (AvgIpc) is 3.35. The van der Waals surface area contributed by atoms with E-state index in [-0.39, 0.29) is 5.91 Å². The molecule has 0 atom stereocenters. The van der Waals surface area contributed by atoms with Crippen molar-refractivity contribution in [1.82, 2.24) is 20.1 Å². The predicted molar refractivity (Wildman–Crippen MR) is 107 cm³/mol. The number of amides is 1. The lowest BCUT2D eigenvalue weighted by atomic mass is 10.1. The van der Waals surface area contributed by atoms with Crippen molar-refractivity contribution in [3.05, 3.63) is 58.2 Å². The molecule has 3 aromatic heterocycles. The first kappa shape index (κ1) is 16.9. The maximum Gasteiger partial charge on any atom is 0.251 e. The molecule has 1 amide bonds. The van der Waals surface area contributed by atoms with Gasteiger partial charge in [0.15, 0.2) is 0 Å². The first-order valence-electron chi connectivity index (χ1n) is 8.33. The zero-order valence-electron chi connectivity index (χ0n) is 14.5. The van der Waals surface area contributed by atoms with Gasteiger partial charge in [-0.3, -0.25) is 9.48 Å². The molecule has 7 heteroatoms. The number of nitrogens with one attached hydrogen (secondary N) is 1. The number of carbonyl (C=O) groups excluding carboxylic acids is 1. The Bertz CT molecular complexity index is 1060. The first-order valence-corrected chi connectivity index (χ1v) is 10.1. The third kappa shape index (κ3) is 3.15. The summed E-state index contributed by atoms with van der Waals surface area (Å²) in [6, 6.07) is 9.75. The van der Waals surface area contributed by atoms with Crippen LogP contribution in [0.1, 0.15) is 21.7 Å². The molecule has 1 aromatic carbocycles. The Balaban J connectivity index is 1.43. The smallest absolute Gasteiger partial charge is 0.251 e. The van der Waals surface area contributed by atoms with E-state index < -0.39 is 0 Å². The van der Waals surface area contributed by atoms with Gasteiger partial charge in [-0.05, 0) is 43.5 Å². The van der Waals surface area contributed by atoms with E-state index in [1.807, 2.05) is 29.8 Å². The van der Waals surface area contributed by atoms with Crippen molar-refractivity contribution in [2.75, 3.05) is 6.54 Å². The highest BCUT2D eigenvalue weighted by atomic mass is 32.1. The Hall–Kier alpha value is -2.51. The van der Waals surface area contributed by atoms with Crippen LogP contribution in [0.5, 0.6) is 0 Å². The number of carbonyl (C=O) groups is 1. The lowest BCUT2D eigenvalue weighted by Crippen LogP contribution is -2.27. The third-order valence-electron chi connectivity index (χ3n) is 4.35. The van der Waals surface area contributed by atoms with E-state index in [9.17, 15) is 4.79 Å². The number of rotatable bonds is 5. The minimum atomic E-state index is -0.0692. The number of hydrogen-bond donors (Lipinski definition) is 1. The van der Waals surface area contributed by atoms with Gasteiger partial charge < -0.3 is 5.32 Å². The van der Waals surface area contributed by atoms with Gasteiger partial charge in [0.2, 0.25) is 0 Å². The largest absolute Gasteiger partial charge is 0.350 e. The van der Waals surface area contributed by atoms with E-state index in [0.29, 0.717) is 18.7 Å². The molecule has 1 N–H and O–H groups in total. The Morgan fingerprint density at radius 3 is 2.92 bits per heavy atom. The van der Waals surface area contributed by atoms with Crippen molar-refractivity contribution in [2.24, 2.45) is 0 Å². The Labute approximate surface area is 159 Å². The van der Waals surface area contributed by atoms with Crippen molar-refractivity contribution in [3.63, 3.8) is 0 Å². The molecule has 3 heterocycles. The molecule has 0 aliphatic carbocycles. The monoisotopic (exact) mass is 382 g/mol. The molecule has 26 heavy (non-hydrogen) atoms. The Kier molecular flexibility index (Phi) is 4.57. The summed E-state index contributed by atoms with van der Waals surface area (Å²) < 4.78 is 2.99. The van der Waals surface area contributed by atoms with Gasteiger partial charge in [0.05, 0.1) is 28.0 Å². The Morgan fingerprint density at radius 2 is 2.12 bits per heavy atom. The highest BCUT2D eigenvalue weighted by molar-refractivity contribution is 7.16. The average molecular weight is 383 g/mol. The molecule has 132 valence electrons. The molecule has 0 saturated heterocycles. The van der Waals surface area contributed by atoms with Gasteiger partial charge in [0.25, 0.3) is 5.91 Å². The maximum atomic E-state index is 12.4. The summed E-state index contributed by atoms with van der Waals surface area (Å²) in [5.41, 5.74) is 6.73. The number of benzene rings is 1. The van der Waals surface area contributed by atoms with Crippen LogP contribution in [0, 0.1) is 13.8 Å². The number of thiazole rings is 1. The van der Waals surface area contributed by atoms with Crippen LogP contribution in [0.2, 0.25) is 0 Å². The fourth-order valence-corrected chi connectivity index (χ4v) is 4.66. The zero-order valence-corrected chi connectivity index (χ0v) is 16.2. The van der Waals surface area contributed by atoms with Crippen molar-refractivity contribution in [1.29, 1.82) is 0 Å². The number of nitrogens with zero attached hydrogens (tertiary/aromatic N) is 3. The van der Waals surface area contributed by atoms with E-state index in [1.165, 1.54) is 10.4 Å². The fraction of sp³-hybridized carbons (Fsp3) is 0.211. The number of thiophene rings is 1. The van der Waals surface area contributed by atoms with Crippen molar-refractivity contribution >= 4 is 38.8 Å². The van der Waals surface area contributed by atoms with Gasteiger partial charge in [0.1, 0.15) is 0 Å². The normalized spacial score (nSPS) is 11.2. The van der Waals surface area contributed by atoms with E-state index in [4.69, 9.17) is 0 Å². The molecule has 4 rings (SSSR count). The van der Waals surface area contributed by atoms with Gasteiger partial charge in [0, 0.05) is 28.2 Å². The second-order valence-corrected chi connectivity index (χ2v) is 7.87. The highest BCUT2D eigenvalue weighted by Crippen LogP contribution is 2.30. The molecule has 0 bridgehead atoms. The second-order valence-electron chi connectivity index (χ2n) is 6.04. The lowest BCUT2D eigenvalue weighted by molar-refractivity contribution is 0.0952. The minimum Gasteiger partial charge on any atom is -0.350 e. The van der Waals surface area contributed by atoms with E-state index in [2.05, 4.69) is 39.8 Å². The standard InChI is InChI=1S/C19H18N4OS2/c1-12-18(16-4-3-9-25-16)13(2)23(22-12)8-7-20-19(24)14-5-6-15-17(10-14)26-11-21-15/h3-6,9-11H,7-8H2,1-2H3,(H,20,24). The van der Waals surface area contributed by atoms with Gasteiger partial charge in [-0.25, -0.2) is 4.98 Å². The SMILES string of the molecule is Cc1nn(CCNC(=O)c2ccc3ncsc3c2)c(C)c1-c1cccs1. The van der Waals surface area contributed by atoms with Crippen LogP contribution in [0.3, 0.4) is 0 Å². The highest BCUT2D eigenvalue weighted by Gasteiger charge is 2.14. The molecule has 0 fully saturated rings. The number of fused-ring (bicyclic) bond motifs is 1. The summed E-state index contributed by atoms with van der Waals surface area (Å²) in [4.78, 5) is 17.9. The van der Waals surface area contributed by atoms with Gasteiger partial charge in [-0.15, -0.1) is 22.7 Å². The summed E-state index contributed by atoms with van der Waals surface area (Å²) in [6.45, 7) is 5.29. The van der Waals surface area contributed by atoms with Crippen molar-refractivity contribution in [3.8, 4) is 10.4 Å². The van der Waals surface area contributed by atoms with Crippen molar-refractivity contribution in [2.45, 2.75) is 20.4 Å². The second kappa shape index (κ2) is 7.01. The zero-order chi connectivity index (χ0) is 18.1. The van der Waals surface area contributed by atoms with Crippen LogP contribution in [0.15, 0.2) is 41.2 Å². The molecule has 0 unspecified atom stereocenters. The number of aromatic nitrogens is 3. The van der Waals surface area contributed by atoms with Crippen LogP contribution >= 0.6 is 22.7 Å². The molecule has 0 radical (unpaired) electrons. The van der Waals surface area contributed by atoms with Gasteiger partial charge in [-0.1, -0.05) is 6.07 Å². The fourth-order valence-electron chi connectivity index (χ4n) is 3.07.